The monoisotopic (exact) mass is 284 g/mol. The van der Waals surface area contributed by atoms with Crippen LogP contribution in [0.4, 0.5) is 0 Å². The fourth-order valence-corrected chi connectivity index (χ4v) is 3.26. The van der Waals surface area contributed by atoms with Crippen LogP contribution in [0.3, 0.4) is 0 Å². The molecule has 0 fully saturated rings. The van der Waals surface area contributed by atoms with Gasteiger partial charge in [0.2, 0.25) is 5.91 Å². The second-order valence-corrected chi connectivity index (χ2v) is 6.85. The Hall–Kier alpha value is -1.01. The average Bonchev–Trinajstić information content (AvgIpc) is 2.62. The van der Waals surface area contributed by atoms with Gasteiger partial charge in [-0.2, -0.15) is 0 Å². The van der Waals surface area contributed by atoms with Gasteiger partial charge in [-0.25, -0.2) is 4.98 Å². The van der Waals surface area contributed by atoms with Gasteiger partial charge in [0, 0.05) is 30.7 Å². The topological polar surface area (TPSA) is 72.9 Å². The average molecular weight is 284 g/mol. The van der Waals surface area contributed by atoms with Crippen molar-refractivity contribution in [3.8, 4) is 0 Å². The number of rotatable bonds is 7. The molecule has 1 rings (SSSR count). The number of hydrogen-bond donors (Lipinski definition) is 2. The molecule has 0 aliphatic heterocycles. The van der Waals surface area contributed by atoms with Crippen molar-refractivity contribution in [2.45, 2.75) is 56.1 Å². The number of thioether (sulfide) groups is 1. The zero-order chi connectivity index (χ0) is 14.6. The Morgan fingerprint density at radius 3 is 2.63 bits per heavy atom. The molecular formula is C13H24N4OS. The van der Waals surface area contributed by atoms with Crippen molar-refractivity contribution >= 4 is 17.7 Å². The summed E-state index contributed by atoms with van der Waals surface area (Å²) in [4.78, 5) is 16.0. The maximum atomic E-state index is 11.7. The van der Waals surface area contributed by atoms with Crippen molar-refractivity contribution in [2.24, 2.45) is 12.8 Å². The Labute approximate surface area is 119 Å². The van der Waals surface area contributed by atoms with E-state index in [0.717, 1.165) is 5.16 Å². The van der Waals surface area contributed by atoms with E-state index in [1.54, 1.807) is 18.0 Å². The first-order valence-electron chi connectivity index (χ1n) is 6.46. The van der Waals surface area contributed by atoms with Crippen LogP contribution in [0, 0.1) is 0 Å². The molecule has 108 valence electrons. The molecular weight excluding hydrogens is 260 g/mol. The third-order valence-electron chi connectivity index (χ3n) is 2.93. The molecule has 1 aromatic heterocycles. The number of primary amides is 1. The highest BCUT2D eigenvalue weighted by Gasteiger charge is 2.33. The van der Waals surface area contributed by atoms with Gasteiger partial charge < -0.3 is 15.6 Å². The molecule has 0 aliphatic rings. The molecule has 0 spiro atoms. The fourth-order valence-electron chi connectivity index (χ4n) is 2.13. The predicted octanol–water partition coefficient (Wildman–Crippen LogP) is 1.53. The molecule has 1 aromatic rings. The maximum Gasteiger partial charge on any atom is 0.237 e. The Bertz CT molecular complexity index is 432. The van der Waals surface area contributed by atoms with Crippen molar-refractivity contribution < 1.29 is 4.79 Å². The second-order valence-electron chi connectivity index (χ2n) is 5.45. The number of aromatic nitrogens is 2. The second kappa shape index (κ2) is 6.43. The summed E-state index contributed by atoms with van der Waals surface area (Å²) < 4.78 is 1.97. The van der Waals surface area contributed by atoms with Crippen LogP contribution in [0.25, 0.3) is 0 Å². The fraction of sp³-hybridized carbons (Fsp3) is 0.692. The Balaban J connectivity index is 2.69. The number of carbonyl (C=O) groups excluding carboxylic acids is 1. The Morgan fingerprint density at radius 1 is 1.58 bits per heavy atom. The number of carbonyl (C=O) groups is 1. The lowest BCUT2D eigenvalue weighted by Gasteiger charge is -2.32. The summed E-state index contributed by atoms with van der Waals surface area (Å²) in [6.45, 7) is 7.98. The molecule has 6 heteroatoms. The lowest BCUT2D eigenvalue weighted by atomic mass is 9.94. The summed E-state index contributed by atoms with van der Waals surface area (Å²) in [7, 11) is 1.96. The first-order chi connectivity index (χ1) is 8.74. The highest BCUT2D eigenvalue weighted by molar-refractivity contribution is 7.99. The molecule has 0 bridgehead atoms. The van der Waals surface area contributed by atoms with Crippen molar-refractivity contribution in [3.05, 3.63) is 12.4 Å². The van der Waals surface area contributed by atoms with E-state index in [4.69, 9.17) is 5.73 Å². The van der Waals surface area contributed by atoms with Crippen molar-refractivity contribution in [1.82, 2.24) is 14.9 Å². The Kier molecular flexibility index (Phi) is 5.43. The van der Waals surface area contributed by atoms with E-state index in [9.17, 15) is 4.79 Å². The standard InChI is InChI=1S/C13H24N4OS/c1-9(2)16-13(4,11(14)18)8-10(3)19-12-15-6-7-17(12)5/h6-7,9-10,16H,8H2,1-5H3,(H2,14,18). The molecule has 2 atom stereocenters. The van der Waals surface area contributed by atoms with E-state index < -0.39 is 5.54 Å². The lowest BCUT2D eigenvalue weighted by molar-refractivity contribution is -0.124. The van der Waals surface area contributed by atoms with Crippen LogP contribution in [-0.2, 0) is 11.8 Å². The van der Waals surface area contributed by atoms with Gasteiger partial charge in [-0.1, -0.05) is 18.7 Å². The zero-order valence-electron chi connectivity index (χ0n) is 12.3. The third kappa shape index (κ3) is 4.54. The van der Waals surface area contributed by atoms with Crippen LogP contribution in [0.15, 0.2) is 17.6 Å². The molecule has 3 N–H and O–H groups in total. The van der Waals surface area contributed by atoms with Crippen LogP contribution in [-0.4, -0.2) is 32.3 Å². The van der Waals surface area contributed by atoms with Crippen molar-refractivity contribution in [1.29, 1.82) is 0 Å². The molecule has 1 amide bonds. The summed E-state index contributed by atoms with van der Waals surface area (Å²) in [6.07, 6.45) is 4.35. The van der Waals surface area contributed by atoms with Gasteiger partial charge in [0.25, 0.3) is 0 Å². The highest BCUT2D eigenvalue weighted by atomic mass is 32.2. The number of hydrogen-bond acceptors (Lipinski definition) is 4. The van der Waals surface area contributed by atoms with Crippen LogP contribution in [0.5, 0.6) is 0 Å². The van der Waals surface area contributed by atoms with Crippen LogP contribution >= 0.6 is 11.8 Å². The molecule has 19 heavy (non-hydrogen) atoms. The van der Waals surface area contributed by atoms with Crippen molar-refractivity contribution in [2.75, 3.05) is 0 Å². The SMILES string of the molecule is CC(C)NC(C)(CC(C)Sc1nccn1C)C(N)=O. The van der Waals surface area contributed by atoms with Crippen LogP contribution in [0.1, 0.15) is 34.1 Å². The first kappa shape index (κ1) is 16.0. The zero-order valence-corrected chi connectivity index (χ0v) is 13.1. The molecule has 0 saturated heterocycles. The van der Waals surface area contributed by atoms with Crippen LogP contribution in [0.2, 0.25) is 0 Å². The summed E-state index contributed by atoms with van der Waals surface area (Å²) in [5.74, 6) is -0.312. The largest absolute Gasteiger partial charge is 0.368 e. The van der Waals surface area contributed by atoms with E-state index in [0.29, 0.717) is 6.42 Å². The minimum Gasteiger partial charge on any atom is -0.368 e. The number of nitrogens with one attached hydrogen (secondary N) is 1. The minimum atomic E-state index is -0.689. The minimum absolute atomic E-state index is 0.211. The van der Waals surface area contributed by atoms with Gasteiger partial charge in [0.15, 0.2) is 5.16 Å². The van der Waals surface area contributed by atoms with Crippen LogP contribution < -0.4 is 11.1 Å². The van der Waals surface area contributed by atoms with E-state index in [1.165, 1.54) is 0 Å². The predicted molar refractivity (Wildman–Crippen MR) is 79.0 cm³/mol. The number of nitrogens with two attached hydrogens (primary N) is 1. The van der Waals surface area contributed by atoms with Gasteiger partial charge in [-0.05, 0) is 27.2 Å². The quantitative estimate of drug-likeness (QED) is 0.745. The molecule has 0 radical (unpaired) electrons. The Morgan fingerprint density at radius 2 is 2.21 bits per heavy atom. The lowest BCUT2D eigenvalue weighted by Crippen LogP contribution is -2.56. The number of amides is 1. The maximum absolute atomic E-state index is 11.7. The highest BCUT2D eigenvalue weighted by Crippen LogP contribution is 2.27. The van der Waals surface area contributed by atoms with E-state index in [1.807, 2.05) is 38.6 Å². The van der Waals surface area contributed by atoms with E-state index in [2.05, 4.69) is 17.2 Å². The summed E-state index contributed by atoms with van der Waals surface area (Å²) >= 11 is 1.65. The van der Waals surface area contributed by atoms with Gasteiger partial charge >= 0.3 is 0 Å². The smallest absolute Gasteiger partial charge is 0.237 e. The number of aryl methyl sites for hydroxylation is 1. The molecule has 1 heterocycles. The van der Waals surface area contributed by atoms with Crippen molar-refractivity contribution in [3.63, 3.8) is 0 Å². The summed E-state index contributed by atoms with van der Waals surface area (Å²) in [6, 6.07) is 0.211. The molecule has 2 unspecified atom stereocenters. The van der Waals surface area contributed by atoms with Gasteiger partial charge in [-0.3, -0.25) is 4.79 Å². The number of nitrogens with zero attached hydrogens (tertiary/aromatic N) is 2. The molecule has 0 aliphatic carbocycles. The normalized spacial score (nSPS) is 16.3. The number of imidazole rings is 1. The summed E-state index contributed by atoms with van der Waals surface area (Å²) in [5.41, 5.74) is 4.85. The third-order valence-corrected chi connectivity index (χ3v) is 4.10. The van der Waals surface area contributed by atoms with E-state index in [-0.39, 0.29) is 17.2 Å². The van der Waals surface area contributed by atoms with Gasteiger partial charge in [0.05, 0.1) is 5.54 Å². The first-order valence-corrected chi connectivity index (χ1v) is 7.34. The molecule has 0 aromatic carbocycles. The summed E-state index contributed by atoms with van der Waals surface area (Å²) in [5, 5.41) is 4.45. The van der Waals surface area contributed by atoms with Gasteiger partial charge in [0.1, 0.15) is 0 Å². The van der Waals surface area contributed by atoms with E-state index >= 15 is 0 Å². The molecule has 0 saturated carbocycles. The molecule has 5 nitrogen and oxygen atoms in total. The van der Waals surface area contributed by atoms with Gasteiger partial charge in [-0.15, -0.1) is 0 Å².